The van der Waals surface area contributed by atoms with Gasteiger partial charge in [-0.1, -0.05) is 40.5 Å². The molecule has 2 amide bonds. The van der Waals surface area contributed by atoms with E-state index in [9.17, 15) is 9.59 Å². The molecule has 2 rings (SSSR count). The summed E-state index contributed by atoms with van der Waals surface area (Å²) in [6.45, 7) is 9.70. The second-order valence-electron chi connectivity index (χ2n) is 7.36. The van der Waals surface area contributed by atoms with Gasteiger partial charge in [0.2, 0.25) is 11.8 Å². The van der Waals surface area contributed by atoms with Crippen LogP contribution in [-0.2, 0) is 9.59 Å². The average molecular weight is 294 g/mol. The normalized spacial score (nSPS) is 24.3. The smallest absolute Gasteiger partial charge is 0.247 e. The molecule has 1 aliphatic heterocycles. The molecule has 4 nitrogen and oxygen atoms in total. The number of nitrogens with one attached hydrogen (secondary N) is 1. The van der Waals surface area contributed by atoms with Crippen LogP contribution in [0.4, 0.5) is 0 Å². The monoisotopic (exact) mass is 294 g/mol. The van der Waals surface area contributed by atoms with Crippen LogP contribution in [0.1, 0.15) is 59.8 Å². The maximum Gasteiger partial charge on any atom is 0.247 e. The summed E-state index contributed by atoms with van der Waals surface area (Å²) in [5.74, 6) is 1.73. The highest BCUT2D eigenvalue weighted by atomic mass is 16.2. The van der Waals surface area contributed by atoms with Crippen LogP contribution in [0.2, 0.25) is 0 Å². The first-order valence-electron chi connectivity index (χ1n) is 8.51. The summed E-state index contributed by atoms with van der Waals surface area (Å²) >= 11 is 0. The lowest BCUT2D eigenvalue weighted by atomic mass is 9.85. The van der Waals surface area contributed by atoms with E-state index >= 15 is 0 Å². The van der Waals surface area contributed by atoms with Gasteiger partial charge in [0, 0.05) is 6.04 Å². The van der Waals surface area contributed by atoms with E-state index in [1.807, 2.05) is 0 Å². The quantitative estimate of drug-likeness (QED) is 0.766. The number of hydrogen-bond donors (Lipinski definition) is 1. The summed E-state index contributed by atoms with van der Waals surface area (Å²) in [7, 11) is 0. The number of rotatable bonds is 6. The highest BCUT2D eigenvalue weighted by Crippen LogP contribution is 2.28. The zero-order valence-electron chi connectivity index (χ0n) is 13.9. The summed E-state index contributed by atoms with van der Waals surface area (Å²) in [6.07, 6.45) is 4.61. The molecule has 120 valence electrons. The SMILES string of the molecule is CC(C)C(CNC1CC(=O)N(C2CCCC2)C1=O)C(C)C. The zero-order valence-corrected chi connectivity index (χ0v) is 13.9. The summed E-state index contributed by atoms with van der Waals surface area (Å²) in [5, 5.41) is 3.37. The van der Waals surface area contributed by atoms with Gasteiger partial charge in [-0.05, 0) is 37.1 Å². The van der Waals surface area contributed by atoms with Crippen molar-refractivity contribution in [2.24, 2.45) is 17.8 Å². The molecular formula is C17H30N2O2. The van der Waals surface area contributed by atoms with Crippen molar-refractivity contribution in [3.05, 3.63) is 0 Å². The molecule has 0 radical (unpaired) electrons. The van der Waals surface area contributed by atoms with Gasteiger partial charge in [0.1, 0.15) is 0 Å². The standard InChI is InChI=1S/C17H30N2O2/c1-11(2)14(12(3)4)10-18-15-9-16(20)19(17(15)21)13-7-5-6-8-13/h11-15,18H,5-10H2,1-4H3. The zero-order chi connectivity index (χ0) is 15.6. The van der Waals surface area contributed by atoms with Gasteiger partial charge in [-0.15, -0.1) is 0 Å². The third-order valence-corrected chi connectivity index (χ3v) is 5.19. The van der Waals surface area contributed by atoms with Crippen molar-refractivity contribution in [1.29, 1.82) is 0 Å². The molecular weight excluding hydrogens is 264 g/mol. The van der Waals surface area contributed by atoms with E-state index in [2.05, 4.69) is 33.0 Å². The summed E-state index contributed by atoms with van der Waals surface area (Å²) in [5.41, 5.74) is 0. The molecule has 0 aromatic carbocycles. The van der Waals surface area contributed by atoms with Crippen LogP contribution in [0.25, 0.3) is 0 Å². The van der Waals surface area contributed by atoms with Crippen molar-refractivity contribution in [2.75, 3.05) is 6.54 Å². The van der Waals surface area contributed by atoms with Crippen LogP contribution in [0.5, 0.6) is 0 Å². The number of carbonyl (C=O) groups excluding carboxylic acids is 2. The van der Waals surface area contributed by atoms with Gasteiger partial charge in [-0.2, -0.15) is 0 Å². The van der Waals surface area contributed by atoms with E-state index < -0.39 is 0 Å². The molecule has 1 aliphatic carbocycles. The first kappa shape index (κ1) is 16.5. The minimum atomic E-state index is -0.293. The van der Waals surface area contributed by atoms with Crippen molar-refractivity contribution in [1.82, 2.24) is 10.2 Å². The van der Waals surface area contributed by atoms with Gasteiger partial charge in [-0.3, -0.25) is 14.5 Å². The maximum atomic E-state index is 12.5. The first-order valence-corrected chi connectivity index (χ1v) is 8.51. The van der Waals surface area contributed by atoms with Gasteiger partial charge in [-0.25, -0.2) is 0 Å². The van der Waals surface area contributed by atoms with E-state index in [-0.39, 0.29) is 23.9 Å². The predicted octanol–water partition coefficient (Wildman–Crippen LogP) is 2.57. The van der Waals surface area contributed by atoms with Crippen molar-refractivity contribution < 1.29 is 9.59 Å². The minimum Gasteiger partial charge on any atom is -0.305 e. The van der Waals surface area contributed by atoms with Crippen molar-refractivity contribution in [2.45, 2.75) is 71.9 Å². The van der Waals surface area contributed by atoms with E-state index in [0.717, 1.165) is 32.2 Å². The van der Waals surface area contributed by atoms with Gasteiger partial charge in [0.05, 0.1) is 12.5 Å². The largest absolute Gasteiger partial charge is 0.305 e. The van der Waals surface area contributed by atoms with Crippen LogP contribution >= 0.6 is 0 Å². The molecule has 21 heavy (non-hydrogen) atoms. The third kappa shape index (κ3) is 3.65. The summed E-state index contributed by atoms with van der Waals surface area (Å²) in [4.78, 5) is 26.2. The summed E-state index contributed by atoms with van der Waals surface area (Å²) in [6, 6.07) is -0.124. The molecule has 1 heterocycles. The van der Waals surface area contributed by atoms with E-state index in [0.29, 0.717) is 24.2 Å². The number of carbonyl (C=O) groups is 2. The highest BCUT2D eigenvalue weighted by Gasteiger charge is 2.42. The molecule has 2 fully saturated rings. The highest BCUT2D eigenvalue weighted by molar-refractivity contribution is 6.05. The lowest BCUT2D eigenvalue weighted by Gasteiger charge is -2.27. The van der Waals surface area contributed by atoms with Crippen LogP contribution in [0.3, 0.4) is 0 Å². The van der Waals surface area contributed by atoms with Crippen LogP contribution in [-0.4, -0.2) is 35.3 Å². The molecule has 1 saturated carbocycles. The van der Waals surface area contributed by atoms with Crippen molar-refractivity contribution in [3.63, 3.8) is 0 Å². The Bertz CT molecular complexity index is 378. The van der Waals surface area contributed by atoms with E-state index in [1.54, 1.807) is 4.90 Å². The molecule has 1 N–H and O–H groups in total. The molecule has 0 aromatic rings. The van der Waals surface area contributed by atoms with E-state index in [4.69, 9.17) is 0 Å². The molecule has 0 aromatic heterocycles. The Morgan fingerprint density at radius 3 is 2.19 bits per heavy atom. The molecule has 0 bridgehead atoms. The van der Waals surface area contributed by atoms with Crippen LogP contribution in [0, 0.1) is 17.8 Å². The predicted molar refractivity (Wildman–Crippen MR) is 83.7 cm³/mol. The average Bonchev–Trinajstić information content (AvgIpc) is 2.98. The second-order valence-corrected chi connectivity index (χ2v) is 7.36. The Labute approximate surface area is 128 Å². The van der Waals surface area contributed by atoms with E-state index in [1.165, 1.54) is 0 Å². The fourth-order valence-corrected chi connectivity index (χ4v) is 3.88. The Balaban J connectivity index is 1.93. The van der Waals surface area contributed by atoms with Crippen molar-refractivity contribution in [3.8, 4) is 0 Å². The number of imide groups is 1. The molecule has 2 aliphatic rings. The maximum absolute atomic E-state index is 12.5. The molecule has 1 atom stereocenters. The lowest BCUT2D eigenvalue weighted by molar-refractivity contribution is -0.141. The van der Waals surface area contributed by atoms with Gasteiger partial charge in [0.15, 0.2) is 0 Å². The van der Waals surface area contributed by atoms with Gasteiger partial charge >= 0.3 is 0 Å². The van der Waals surface area contributed by atoms with Gasteiger partial charge in [0.25, 0.3) is 0 Å². The number of nitrogens with zero attached hydrogens (tertiary/aromatic N) is 1. The lowest BCUT2D eigenvalue weighted by Crippen LogP contribution is -2.44. The number of amides is 2. The molecule has 0 spiro atoms. The third-order valence-electron chi connectivity index (χ3n) is 5.19. The first-order chi connectivity index (χ1) is 9.91. The Hall–Kier alpha value is -0.900. The molecule has 4 heteroatoms. The molecule has 1 unspecified atom stereocenters. The Morgan fingerprint density at radius 2 is 1.67 bits per heavy atom. The fourth-order valence-electron chi connectivity index (χ4n) is 3.88. The second kappa shape index (κ2) is 6.91. The topological polar surface area (TPSA) is 49.4 Å². The fraction of sp³-hybridized carbons (Fsp3) is 0.882. The Morgan fingerprint density at radius 1 is 1.10 bits per heavy atom. The molecule has 1 saturated heterocycles. The number of likely N-dealkylation sites (tertiary alicyclic amines) is 1. The van der Waals surface area contributed by atoms with Crippen molar-refractivity contribution >= 4 is 11.8 Å². The number of hydrogen-bond acceptors (Lipinski definition) is 3. The summed E-state index contributed by atoms with van der Waals surface area (Å²) < 4.78 is 0. The van der Waals surface area contributed by atoms with Crippen LogP contribution in [0.15, 0.2) is 0 Å². The Kier molecular flexibility index (Phi) is 5.42. The minimum absolute atomic E-state index is 0.0122. The van der Waals surface area contributed by atoms with Gasteiger partial charge < -0.3 is 5.32 Å². The van der Waals surface area contributed by atoms with Crippen LogP contribution < -0.4 is 5.32 Å².